The van der Waals surface area contributed by atoms with E-state index in [-0.39, 0.29) is 17.3 Å². The van der Waals surface area contributed by atoms with Gasteiger partial charge in [0.1, 0.15) is 11.6 Å². The number of carboxylic acid groups (broad SMARTS) is 1. The number of aliphatic carboxylic acids is 1. The number of aromatic nitrogens is 1. The molecule has 6 nitrogen and oxygen atoms in total. The maximum absolute atomic E-state index is 14.4. The Kier molecular flexibility index (Phi) is 11.6. The molecular weight excluding hydrogens is 543 g/mol. The first-order valence-electron chi connectivity index (χ1n) is 15.7. The highest BCUT2D eigenvalue weighted by atomic mass is 19.1. The molecule has 1 N–H and O–H groups in total. The summed E-state index contributed by atoms with van der Waals surface area (Å²) in [6, 6.07) is 15.8. The summed E-state index contributed by atoms with van der Waals surface area (Å²) in [5.41, 5.74) is 5.05. The Morgan fingerprint density at radius 2 is 1.84 bits per heavy atom. The van der Waals surface area contributed by atoms with Crippen molar-refractivity contribution in [1.82, 2.24) is 9.88 Å². The largest absolute Gasteiger partial charge is 0.493 e. The Balaban J connectivity index is 0.000000191. The molecule has 0 spiro atoms. The van der Waals surface area contributed by atoms with Crippen molar-refractivity contribution in [2.45, 2.75) is 90.6 Å². The fraction of sp³-hybridized carbons (Fsp3) is 0.500. The van der Waals surface area contributed by atoms with Gasteiger partial charge in [0.25, 0.3) is 0 Å². The number of hydrogen-bond acceptors (Lipinski definition) is 5. The van der Waals surface area contributed by atoms with Crippen molar-refractivity contribution in [2.75, 3.05) is 20.3 Å². The monoisotopic (exact) mass is 590 g/mol. The molecule has 1 aliphatic carbocycles. The molecule has 3 aromatic rings. The van der Waals surface area contributed by atoms with Crippen LogP contribution < -0.4 is 9.47 Å². The zero-order valence-corrected chi connectivity index (χ0v) is 26.2. The topological polar surface area (TPSA) is 71.9 Å². The quantitative estimate of drug-likeness (QED) is 0.300. The van der Waals surface area contributed by atoms with Crippen LogP contribution in [0.15, 0.2) is 54.7 Å². The number of methoxy groups -OCH3 is 1. The minimum atomic E-state index is -0.751. The van der Waals surface area contributed by atoms with Crippen LogP contribution in [0.4, 0.5) is 4.39 Å². The van der Waals surface area contributed by atoms with E-state index in [1.807, 2.05) is 30.3 Å². The highest BCUT2D eigenvalue weighted by Gasteiger charge is 2.30. The van der Waals surface area contributed by atoms with Crippen LogP contribution in [0.2, 0.25) is 0 Å². The average molecular weight is 591 g/mol. The predicted octanol–water partition coefficient (Wildman–Crippen LogP) is 8.11. The molecule has 0 bridgehead atoms. The molecule has 232 valence electrons. The number of likely N-dealkylation sites (tertiary alicyclic amines) is 1. The van der Waals surface area contributed by atoms with Crippen LogP contribution in [0.3, 0.4) is 0 Å². The van der Waals surface area contributed by atoms with Crippen LogP contribution in [0.5, 0.6) is 11.6 Å². The minimum Gasteiger partial charge on any atom is -0.493 e. The number of carboxylic acids is 1. The standard InChI is InChI=1S/C20H25FN2O.C13H16O3.C3H6/c1-20(2)10-6-7-11-23(20)14-15-8-4-5-9-16(15)17-12-19(24-3)22-13-18(17)21;1-9(13(14)15)7-10-4-5-11-3-2-6-16-12(11)8-10;1-2-3-1/h4-5,8-9,12-13H,6-7,10-11,14H2,1-3H3;4-5,8-9H,2-3,6-7H2,1H3,(H,14,15);1-3H2. The zero-order chi connectivity index (χ0) is 30.8. The molecular formula is C36H47FN2O4. The van der Waals surface area contributed by atoms with E-state index < -0.39 is 5.97 Å². The van der Waals surface area contributed by atoms with E-state index in [2.05, 4.69) is 35.9 Å². The number of nitrogens with zero attached hydrogens (tertiary/aromatic N) is 2. The van der Waals surface area contributed by atoms with Gasteiger partial charge in [-0.15, -0.1) is 0 Å². The molecule has 1 saturated carbocycles. The minimum absolute atomic E-state index is 0.180. The van der Waals surface area contributed by atoms with Gasteiger partial charge in [-0.1, -0.05) is 69.0 Å². The molecule has 0 radical (unpaired) electrons. The summed E-state index contributed by atoms with van der Waals surface area (Å²) in [6.45, 7) is 9.00. The zero-order valence-electron chi connectivity index (χ0n) is 26.2. The third kappa shape index (κ3) is 9.52. The fourth-order valence-corrected chi connectivity index (χ4v) is 5.43. The highest BCUT2D eigenvalue weighted by Crippen LogP contribution is 2.33. The van der Waals surface area contributed by atoms with Crippen LogP contribution >= 0.6 is 0 Å². The molecule has 2 fully saturated rings. The van der Waals surface area contributed by atoms with Crippen molar-refractivity contribution in [2.24, 2.45) is 5.92 Å². The number of hydrogen-bond donors (Lipinski definition) is 1. The van der Waals surface area contributed by atoms with Gasteiger partial charge in [-0.2, -0.15) is 0 Å². The van der Waals surface area contributed by atoms with Crippen molar-refractivity contribution < 1.29 is 23.8 Å². The third-order valence-corrected chi connectivity index (χ3v) is 8.33. The van der Waals surface area contributed by atoms with Crippen molar-refractivity contribution >= 4 is 5.97 Å². The number of benzene rings is 2. The Morgan fingerprint density at radius 1 is 1.07 bits per heavy atom. The number of halogens is 1. The Morgan fingerprint density at radius 3 is 2.53 bits per heavy atom. The van der Waals surface area contributed by atoms with Gasteiger partial charge in [-0.25, -0.2) is 9.37 Å². The Labute approximate surface area is 256 Å². The van der Waals surface area contributed by atoms with E-state index in [9.17, 15) is 9.18 Å². The van der Waals surface area contributed by atoms with Crippen LogP contribution in [0.25, 0.3) is 11.1 Å². The maximum atomic E-state index is 14.4. The second kappa shape index (κ2) is 15.3. The lowest BCUT2D eigenvalue weighted by Gasteiger charge is -2.42. The van der Waals surface area contributed by atoms with Gasteiger partial charge in [0.05, 0.1) is 25.8 Å². The van der Waals surface area contributed by atoms with Crippen molar-refractivity contribution in [3.8, 4) is 22.8 Å². The predicted molar refractivity (Wildman–Crippen MR) is 169 cm³/mol. The van der Waals surface area contributed by atoms with Crippen molar-refractivity contribution in [3.05, 3.63) is 77.2 Å². The first-order chi connectivity index (χ1) is 20.7. The molecule has 2 aliphatic heterocycles. The molecule has 1 atom stereocenters. The van der Waals surface area contributed by atoms with Crippen molar-refractivity contribution in [1.29, 1.82) is 0 Å². The summed E-state index contributed by atoms with van der Waals surface area (Å²) >= 11 is 0. The average Bonchev–Trinajstić information content (AvgIpc) is 3.89. The van der Waals surface area contributed by atoms with Gasteiger partial charge in [0.15, 0.2) is 0 Å². The van der Waals surface area contributed by atoms with E-state index in [0.717, 1.165) is 55.0 Å². The second-order valence-electron chi connectivity index (χ2n) is 12.5. The summed E-state index contributed by atoms with van der Waals surface area (Å²) in [4.78, 5) is 17.2. The third-order valence-electron chi connectivity index (χ3n) is 8.33. The summed E-state index contributed by atoms with van der Waals surface area (Å²) < 4.78 is 25.1. The summed E-state index contributed by atoms with van der Waals surface area (Å²) in [5, 5.41) is 8.85. The Hall–Kier alpha value is -3.45. The van der Waals surface area contributed by atoms with Crippen molar-refractivity contribution in [3.63, 3.8) is 0 Å². The van der Waals surface area contributed by atoms with Gasteiger partial charge < -0.3 is 14.6 Å². The summed E-state index contributed by atoms with van der Waals surface area (Å²) in [5.74, 6) is -0.0534. The van der Waals surface area contributed by atoms with E-state index in [1.54, 1.807) is 20.1 Å². The number of rotatable bonds is 7. The molecule has 1 saturated heterocycles. The normalized spacial score (nSPS) is 17.5. The SMILES string of the molecule is C1CC1.CC(Cc1ccc2c(c1)OCCC2)C(=O)O.COc1cc(-c2ccccc2CN2CCCCC2(C)C)c(F)cn1. The molecule has 3 aliphatic rings. The molecule has 1 unspecified atom stereocenters. The molecule has 6 rings (SSSR count). The fourth-order valence-electron chi connectivity index (χ4n) is 5.43. The maximum Gasteiger partial charge on any atom is 0.306 e. The summed E-state index contributed by atoms with van der Waals surface area (Å²) in [7, 11) is 1.55. The lowest BCUT2D eigenvalue weighted by molar-refractivity contribution is -0.141. The number of aryl methyl sites for hydroxylation is 1. The molecule has 3 heterocycles. The van der Waals surface area contributed by atoms with Gasteiger partial charge >= 0.3 is 5.97 Å². The number of carbonyl (C=O) groups is 1. The highest BCUT2D eigenvalue weighted by molar-refractivity contribution is 5.70. The molecule has 7 heteroatoms. The number of piperidine rings is 1. The van der Waals surface area contributed by atoms with Gasteiger partial charge in [-0.05, 0) is 80.8 Å². The number of fused-ring (bicyclic) bond motifs is 1. The molecule has 43 heavy (non-hydrogen) atoms. The molecule has 0 amide bonds. The Bertz CT molecular complexity index is 1350. The van der Waals surface area contributed by atoms with E-state index in [0.29, 0.717) is 17.9 Å². The number of ether oxygens (including phenoxy) is 2. The molecule has 2 aromatic carbocycles. The van der Waals surface area contributed by atoms with Gasteiger partial charge in [0, 0.05) is 23.7 Å². The smallest absolute Gasteiger partial charge is 0.306 e. The van der Waals surface area contributed by atoms with Crippen LogP contribution in [0.1, 0.15) is 82.4 Å². The first-order valence-corrected chi connectivity index (χ1v) is 15.7. The lowest BCUT2D eigenvalue weighted by atomic mass is 9.89. The van der Waals surface area contributed by atoms with Crippen LogP contribution in [-0.4, -0.2) is 46.8 Å². The number of pyridine rings is 1. The van der Waals surface area contributed by atoms with E-state index in [4.69, 9.17) is 14.6 Å². The van der Waals surface area contributed by atoms with E-state index >= 15 is 0 Å². The van der Waals surface area contributed by atoms with Gasteiger partial charge in [0.2, 0.25) is 5.88 Å². The second-order valence-corrected chi connectivity index (χ2v) is 12.5. The lowest BCUT2D eigenvalue weighted by Crippen LogP contribution is -2.46. The van der Waals surface area contributed by atoms with Crippen LogP contribution in [-0.2, 0) is 24.2 Å². The van der Waals surface area contributed by atoms with Gasteiger partial charge in [-0.3, -0.25) is 9.69 Å². The molecule has 1 aromatic heterocycles. The summed E-state index contributed by atoms with van der Waals surface area (Å²) in [6.07, 6.45) is 12.1. The van der Waals surface area contributed by atoms with Crippen LogP contribution in [0, 0.1) is 11.7 Å². The first kappa shape index (κ1) is 32.5. The van der Waals surface area contributed by atoms with E-state index in [1.165, 1.54) is 50.3 Å².